The average Bonchev–Trinajstić information content (AvgIpc) is 2.03. The number of ether oxygens (including phenoxy) is 1. The van der Waals surface area contributed by atoms with Crippen LogP contribution in [0.2, 0.25) is 5.02 Å². The first-order valence-electron chi connectivity index (χ1n) is 3.56. The van der Waals surface area contributed by atoms with Crippen molar-refractivity contribution in [1.29, 1.82) is 0 Å². The van der Waals surface area contributed by atoms with Gasteiger partial charge in [-0.15, -0.1) is 6.42 Å². The minimum absolute atomic E-state index is 0.253. The Hall–Kier alpha value is -1.13. The molecule has 1 aromatic rings. The SMILES string of the molecule is C#CCOc1ccc(C)cc1Cl. The van der Waals surface area contributed by atoms with Crippen LogP contribution >= 0.6 is 11.6 Å². The standard InChI is InChI=1S/C10H9ClO/c1-3-6-12-10-5-4-8(2)7-9(10)11/h1,4-5,7H,6H2,2H3. The van der Waals surface area contributed by atoms with Crippen molar-refractivity contribution in [3.63, 3.8) is 0 Å². The van der Waals surface area contributed by atoms with E-state index in [9.17, 15) is 0 Å². The summed E-state index contributed by atoms with van der Waals surface area (Å²) in [6.45, 7) is 2.22. The Balaban J connectivity index is 2.81. The molecule has 1 nitrogen and oxygen atoms in total. The van der Waals surface area contributed by atoms with Crippen molar-refractivity contribution in [1.82, 2.24) is 0 Å². The largest absolute Gasteiger partial charge is 0.479 e. The Morgan fingerprint density at radius 2 is 2.33 bits per heavy atom. The monoisotopic (exact) mass is 180 g/mol. The molecule has 0 bridgehead atoms. The van der Waals surface area contributed by atoms with E-state index in [0.29, 0.717) is 10.8 Å². The molecule has 0 aliphatic rings. The van der Waals surface area contributed by atoms with E-state index in [1.807, 2.05) is 25.1 Å². The number of benzene rings is 1. The molecule has 0 N–H and O–H groups in total. The summed E-state index contributed by atoms with van der Waals surface area (Å²) >= 11 is 5.87. The van der Waals surface area contributed by atoms with Gasteiger partial charge in [0.05, 0.1) is 5.02 Å². The fourth-order valence-electron chi connectivity index (χ4n) is 0.842. The second-order valence-corrected chi connectivity index (χ2v) is 2.83. The summed E-state index contributed by atoms with van der Waals surface area (Å²) in [6.07, 6.45) is 5.04. The summed E-state index contributed by atoms with van der Waals surface area (Å²) in [7, 11) is 0. The smallest absolute Gasteiger partial charge is 0.148 e. The summed E-state index contributed by atoms with van der Waals surface area (Å²) < 4.78 is 5.17. The van der Waals surface area contributed by atoms with E-state index in [1.165, 1.54) is 0 Å². The van der Waals surface area contributed by atoms with Crippen molar-refractivity contribution in [2.24, 2.45) is 0 Å². The molecular formula is C10H9ClO. The van der Waals surface area contributed by atoms with Gasteiger partial charge in [0.15, 0.2) is 0 Å². The quantitative estimate of drug-likeness (QED) is 0.636. The van der Waals surface area contributed by atoms with Crippen LogP contribution in [0.1, 0.15) is 5.56 Å². The maximum absolute atomic E-state index is 5.87. The third-order valence-corrected chi connectivity index (χ3v) is 1.69. The van der Waals surface area contributed by atoms with Crippen molar-refractivity contribution in [2.45, 2.75) is 6.92 Å². The Bertz CT molecular complexity index is 312. The van der Waals surface area contributed by atoms with Crippen LogP contribution in [0, 0.1) is 19.3 Å². The van der Waals surface area contributed by atoms with Gasteiger partial charge in [-0.2, -0.15) is 0 Å². The van der Waals surface area contributed by atoms with Gasteiger partial charge in [0.1, 0.15) is 12.4 Å². The molecule has 1 aromatic carbocycles. The molecule has 0 unspecified atom stereocenters. The summed E-state index contributed by atoms with van der Waals surface area (Å²) in [5.74, 6) is 3.02. The Morgan fingerprint density at radius 3 is 2.92 bits per heavy atom. The third-order valence-electron chi connectivity index (χ3n) is 1.40. The first-order chi connectivity index (χ1) is 5.74. The van der Waals surface area contributed by atoms with Gasteiger partial charge in [0.2, 0.25) is 0 Å². The van der Waals surface area contributed by atoms with Crippen molar-refractivity contribution in [3.8, 4) is 18.1 Å². The third kappa shape index (κ3) is 2.18. The van der Waals surface area contributed by atoms with E-state index in [0.717, 1.165) is 5.56 Å². The predicted octanol–water partition coefficient (Wildman–Crippen LogP) is 2.66. The molecule has 62 valence electrons. The molecule has 0 aromatic heterocycles. The molecule has 0 aliphatic heterocycles. The number of aryl methyl sites for hydroxylation is 1. The highest BCUT2D eigenvalue weighted by molar-refractivity contribution is 6.32. The first kappa shape index (κ1) is 8.96. The zero-order chi connectivity index (χ0) is 8.97. The number of hydrogen-bond acceptors (Lipinski definition) is 1. The van der Waals surface area contributed by atoms with Crippen molar-refractivity contribution in [2.75, 3.05) is 6.61 Å². The molecule has 12 heavy (non-hydrogen) atoms. The molecular weight excluding hydrogens is 172 g/mol. The van der Waals surface area contributed by atoms with E-state index in [4.69, 9.17) is 22.8 Å². The fourth-order valence-corrected chi connectivity index (χ4v) is 1.13. The van der Waals surface area contributed by atoms with E-state index < -0.39 is 0 Å². The predicted molar refractivity (Wildman–Crippen MR) is 50.5 cm³/mol. The van der Waals surface area contributed by atoms with E-state index >= 15 is 0 Å². The lowest BCUT2D eigenvalue weighted by Crippen LogP contribution is -1.93. The van der Waals surface area contributed by atoms with Gasteiger partial charge in [-0.05, 0) is 24.6 Å². The maximum Gasteiger partial charge on any atom is 0.148 e. The van der Waals surface area contributed by atoms with Gasteiger partial charge in [-0.25, -0.2) is 0 Å². The zero-order valence-corrected chi connectivity index (χ0v) is 7.56. The summed E-state index contributed by atoms with van der Waals surface area (Å²) in [5, 5.41) is 0.602. The average molecular weight is 181 g/mol. The van der Waals surface area contributed by atoms with Gasteiger partial charge < -0.3 is 4.74 Å². The molecule has 2 heteroatoms. The molecule has 0 spiro atoms. The molecule has 0 saturated heterocycles. The first-order valence-corrected chi connectivity index (χ1v) is 3.94. The second-order valence-electron chi connectivity index (χ2n) is 2.43. The van der Waals surface area contributed by atoms with Crippen LogP contribution in [0.3, 0.4) is 0 Å². The summed E-state index contributed by atoms with van der Waals surface area (Å²) in [6, 6.07) is 5.58. The number of rotatable bonds is 2. The van der Waals surface area contributed by atoms with E-state index in [2.05, 4.69) is 5.92 Å². The van der Waals surface area contributed by atoms with Gasteiger partial charge >= 0.3 is 0 Å². The van der Waals surface area contributed by atoms with E-state index in [1.54, 1.807) is 0 Å². The Kier molecular flexibility index (Phi) is 3.01. The van der Waals surface area contributed by atoms with Crippen LogP contribution in [0.5, 0.6) is 5.75 Å². The van der Waals surface area contributed by atoms with Gasteiger partial charge in [0, 0.05) is 0 Å². The Morgan fingerprint density at radius 1 is 1.58 bits per heavy atom. The molecule has 0 heterocycles. The number of hydrogen-bond donors (Lipinski definition) is 0. The van der Waals surface area contributed by atoms with Gasteiger partial charge in [-0.3, -0.25) is 0 Å². The van der Waals surface area contributed by atoms with Crippen LogP contribution < -0.4 is 4.74 Å². The maximum atomic E-state index is 5.87. The second kappa shape index (κ2) is 4.04. The van der Waals surface area contributed by atoms with Crippen molar-refractivity contribution in [3.05, 3.63) is 28.8 Å². The molecule has 1 rings (SSSR count). The normalized spacial score (nSPS) is 9.08. The fraction of sp³-hybridized carbons (Fsp3) is 0.200. The number of halogens is 1. The highest BCUT2D eigenvalue weighted by atomic mass is 35.5. The molecule has 0 saturated carbocycles. The molecule has 0 atom stereocenters. The van der Waals surface area contributed by atoms with Crippen LogP contribution in [-0.4, -0.2) is 6.61 Å². The zero-order valence-electron chi connectivity index (χ0n) is 6.80. The highest BCUT2D eigenvalue weighted by Gasteiger charge is 1.99. The summed E-state index contributed by atoms with van der Waals surface area (Å²) in [5.41, 5.74) is 1.10. The lowest BCUT2D eigenvalue weighted by atomic mass is 10.2. The molecule has 0 aliphatic carbocycles. The van der Waals surface area contributed by atoms with Crippen LogP contribution in [0.15, 0.2) is 18.2 Å². The Labute approximate surface area is 77.3 Å². The summed E-state index contributed by atoms with van der Waals surface area (Å²) in [4.78, 5) is 0. The van der Waals surface area contributed by atoms with Crippen molar-refractivity contribution >= 4 is 11.6 Å². The minimum Gasteiger partial charge on any atom is -0.479 e. The minimum atomic E-state index is 0.253. The molecule has 0 fully saturated rings. The molecule has 0 amide bonds. The van der Waals surface area contributed by atoms with Gasteiger partial charge in [0.25, 0.3) is 0 Å². The van der Waals surface area contributed by atoms with Crippen molar-refractivity contribution < 1.29 is 4.74 Å². The topological polar surface area (TPSA) is 9.23 Å². The van der Waals surface area contributed by atoms with E-state index in [-0.39, 0.29) is 6.61 Å². The highest BCUT2D eigenvalue weighted by Crippen LogP contribution is 2.24. The van der Waals surface area contributed by atoms with Gasteiger partial charge in [-0.1, -0.05) is 23.6 Å². The van der Waals surface area contributed by atoms with Crippen LogP contribution in [0.25, 0.3) is 0 Å². The lowest BCUT2D eigenvalue weighted by molar-refractivity contribution is 0.370. The molecule has 0 radical (unpaired) electrons. The van der Waals surface area contributed by atoms with Crippen LogP contribution in [0.4, 0.5) is 0 Å². The number of terminal acetylenes is 1. The van der Waals surface area contributed by atoms with Crippen LogP contribution in [-0.2, 0) is 0 Å². The lowest BCUT2D eigenvalue weighted by Gasteiger charge is -2.04.